The second-order valence-electron chi connectivity index (χ2n) is 16.3. The van der Waals surface area contributed by atoms with Crippen LogP contribution in [0.25, 0.3) is 44.2 Å². The minimum absolute atomic E-state index is 0.0128. The smallest absolute Gasteiger partial charge is 0.305 e. The molecule has 3 aliphatic rings. The molecule has 6 rings (SSSR count). The van der Waals surface area contributed by atoms with Gasteiger partial charge in [0, 0.05) is 64.7 Å². The van der Waals surface area contributed by atoms with Crippen LogP contribution in [0.2, 0.25) is 0 Å². The summed E-state index contributed by atoms with van der Waals surface area (Å²) in [6, 6.07) is 6.39. The zero-order valence-corrected chi connectivity index (χ0v) is 35.8. The molecule has 308 valence electrons. The molecule has 0 aromatic carbocycles. The second kappa shape index (κ2) is 18.3. The Labute approximate surface area is 338 Å². The number of methoxy groups -OCH3 is 1. The predicted octanol–water partition coefficient (Wildman–Crippen LogP) is 11.9. The van der Waals surface area contributed by atoms with Crippen molar-refractivity contribution in [3.63, 3.8) is 0 Å². The van der Waals surface area contributed by atoms with E-state index in [-0.39, 0.29) is 42.1 Å². The highest BCUT2D eigenvalue weighted by molar-refractivity contribution is 5.96. The number of carbonyl (C=O) groups excluding carboxylic acids is 1. The van der Waals surface area contributed by atoms with Gasteiger partial charge in [0.2, 0.25) is 11.8 Å². The summed E-state index contributed by atoms with van der Waals surface area (Å²) in [5, 5.41) is 24.9. The third kappa shape index (κ3) is 8.38. The van der Waals surface area contributed by atoms with Crippen LogP contribution < -0.4 is 0 Å². The van der Waals surface area contributed by atoms with Crippen molar-refractivity contribution in [2.75, 3.05) is 13.7 Å². The van der Waals surface area contributed by atoms with E-state index in [4.69, 9.17) is 19.4 Å². The summed E-state index contributed by atoms with van der Waals surface area (Å²) in [6.07, 6.45) is 11.4. The van der Waals surface area contributed by atoms with Crippen molar-refractivity contribution < 1.29 is 24.5 Å². The average Bonchev–Trinajstić information content (AvgIpc) is 3.88. The van der Waals surface area contributed by atoms with Gasteiger partial charge in [-0.05, 0) is 93.8 Å². The molecule has 0 spiro atoms. The average molecular weight is 780 g/mol. The highest BCUT2D eigenvalue weighted by atomic mass is 16.5. The van der Waals surface area contributed by atoms with Gasteiger partial charge in [0.05, 0.1) is 41.1 Å². The fourth-order valence-electron chi connectivity index (χ4n) is 9.07. The molecule has 0 amide bonds. The first kappa shape index (κ1) is 42.0. The van der Waals surface area contributed by atoms with Crippen LogP contribution in [0.1, 0.15) is 162 Å². The first-order valence-corrected chi connectivity index (χ1v) is 21.5. The molecule has 0 saturated carbocycles. The van der Waals surface area contributed by atoms with E-state index in [1.54, 1.807) is 4.57 Å². The van der Waals surface area contributed by atoms with Gasteiger partial charge < -0.3 is 29.7 Å². The largest absolute Gasteiger partial charge is 0.494 e. The van der Waals surface area contributed by atoms with Crippen LogP contribution in [0.4, 0.5) is 0 Å². The van der Waals surface area contributed by atoms with Crippen molar-refractivity contribution in [1.29, 1.82) is 0 Å². The number of nitrogens with zero attached hydrogens (tertiary/aromatic N) is 3. The molecule has 3 aromatic rings. The Balaban J connectivity index is 1.68. The maximum absolute atomic E-state index is 12.6. The summed E-state index contributed by atoms with van der Waals surface area (Å²) in [7, 11) is 1.41. The van der Waals surface area contributed by atoms with Crippen molar-refractivity contribution >= 4 is 38.9 Å². The fraction of sp³-hybridized carbons (Fsp3) is 0.553. The van der Waals surface area contributed by atoms with Gasteiger partial charge in [-0.25, -0.2) is 4.98 Å². The van der Waals surface area contributed by atoms with Crippen LogP contribution in [-0.4, -0.2) is 54.4 Å². The highest BCUT2D eigenvalue weighted by Crippen LogP contribution is 2.50. The van der Waals surface area contributed by atoms with Gasteiger partial charge in [-0.3, -0.25) is 14.3 Å². The summed E-state index contributed by atoms with van der Waals surface area (Å²) in [5.41, 5.74) is 12.6. The topological polar surface area (TPSA) is 138 Å². The van der Waals surface area contributed by atoms with E-state index in [1.165, 1.54) is 44.8 Å². The zero-order chi connectivity index (χ0) is 41.0. The van der Waals surface area contributed by atoms with Gasteiger partial charge in [-0.1, -0.05) is 72.6 Å². The lowest BCUT2D eigenvalue weighted by molar-refractivity contribution is -0.140. The van der Waals surface area contributed by atoms with Crippen LogP contribution in [-0.2, 0) is 27.2 Å². The number of aryl methyl sites for hydroxylation is 4. The lowest BCUT2D eigenvalue weighted by Gasteiger charge is -2.21. The lowest BCUT2D eigenvalue weighted by atomic mass is 9.85. The third-order valence-corrected chi connectivity index (χ3v) is 12.5. The number of unbranched alkanes of at least 4 members (excludes halogenated alkanes) is 7. The Bertz CT molecular complexity index is 2300. The van der Waals surface area contributed by atoms with Crippen LogP contribution in [0.15, 0.2) is 18.2 Å². The first-order chi connectivity index (χ1) is 27.4. The molecule has 10 nitrogen and oxygen atoms in total. The van der Waals surface area contributed by atoms with Crippen LogP contribution >= 0.6 is 0 Å². The molecule has 57 heavy (non-hydrogen) atoms. The van der Waals surface area contributed by atoms with E-state index in [2.05, 4.69) is 76.6 Å². The van der Waals surface area contributed by atoms with Crippen LogP contribution in [0, 0.1) is 20.8 Å². The van der Waals surface area contributed by atoms with Gasteiger partial charge in [0.25, 0.3) is 0 Å². The molecule has 0 aliphatic carbocycles. The third-order valence-electron chi connectivity index (χ3n) is 12.5. The molecule has 8 bridgehead atoms. The predicted molar refractivity (Wildman–Crippen MR) is 231 cm³/mol. The summed E-state index contributed by atoms with van der Waals surface area (Å²) in [4.78, 5) is 30.7. The molecule has 3 aliphatic heterocycles. The van der Waals surface area contributed by atoms with Crippen molar-refractivity contribution in [2.24, 2.45) is 0 Å². The number of rotatable bonds is 17. The number of nitrogens with one attached hydrogen (secondary N) is 2. The Morgan fingerprint density at radius 3 is 2.21 bits per heavy atom. The minimum Gasteiger partial charge on any atom is -0.494 e. The van der Waals surface area contributed by atoms with E-state index in [9.17, 15) is 15.0 Å². The van der Waals surface area contributed by atoms with E-state index in [1.807, 2.05) is 6.92 Å². The highest BCUT2D eigenvalue weighted by Gasteiger charge is 2.35. The Hall–Kier alpha value is -4.57. The Kier molecular flexibility index (Phi) is 13.5. The quantitative estimate of drug-likeness (QED) is 0.0544. The zero-order valence-electron chi connectivity index (χ0n) is 35.8. The number of H-pyrrole nitrogens is 2. The molecular weight excluding hydrogens is 715 g/mol. The molecule has 0 fully saturated rings. The van der Waals surface area contributed by atoms with Gasteiger partial charge in [0.1, 0.15) is 0 Å². The van der Waals surface area contributed by atoms with Gasteiger partial charge in [-0.2, -0.15) is 0 Å². The SMILES string of the molecule is CCCCCCCCCCn1c(O)c2c(C)c3cc4[nH]c(cc5[nH]c(cc6nc(c(c-2n3)c1O)[C@@H](CCC(=O)OC)[C@@H]6C)c(C)c5C(C)OCCC)c(C)c4CC. The van der Waals surface area contributed by atoms with Gasteiger partial charge in [0.15, 0.2) is 0 Å². The number of pyridine rings is 1. The molecule has 6 heterocycles. The maximum Gasteiger partial charge on any atom is 0.305 e. The van der Waals surface area contributed by atoms with E-state index in [0.29, 0.717) is 47.4 Å². The molecular formula is C47H65N5O5. The van der Waals surface area contributed by atoms with Crippen molar-refractivity contribution in [1.82, 2.24) is 24.5 Å². The van der Waals surface area contributed by atoms with Crippen molar-refractivity contribution in [3.05, 3.63) is 57.4 Å². The second-order valence-corrected chi connectivity index (χ2v) is 16.3. The number of aromatic hydroxyl groups is 2. The van der Waals surface area contributed by atoms with Gasteiger partial charge in [-0.15, -0.1) is 0 Å². The van der Waals surface area contributed by atoms with E-state index in [0.717, 1.165) is 82.1 Å². The fourth-order valence-corrected chi connectivity index (χ4v) is 9.07. The monoisotopic (exact) mass is 779 g/mol. The molecule has 1 unspecified atom stereocenters. The van der Waals surface area contributed by atoms with Crippen molar-refractivity contribution in [3.8, 4) is 23.0 Å². The molecule has 10 heteroatoms. The normalized spacial score (nSPS) is 15.6. The maximum atomic E-state index is 12.6. The molecule has 0 radical (unpaired) electrons. The number of hydrogen-bond acceptors (Lipinski definition) is 7. The summed E-state index contributed by atoms with van der Waals surface area (Å²) in [6.45, 7) is 18.2. The Morgan fingerprint density at radius 2 is 1.53 bits per heavy atom. The van der Waals surface area contributed by atoms with Crippen LogP contribution in [0.3, 0.4) is 0 Å². The minimum atomic E-state index is -0.292. The molecule has 0 saturated heterocycles. The van der Waals surface area contributed by atoms with Crippen molar-refractivity contribution in [2.45, 2.75) is 157 Å². The summed E-state index contributed by atoms with van der Waals surface area (Å²) >= 11 is 0. The molecule has 4 N–H and O–H groups in total. The Morgan fingerprint density at radius 1 is 0.842 bits per heavy atom. The number of carbonyl (C=O) groups is 1. The molecule has 3 atom stereocenters. The number of aromatic nitrogens is 5. The summed E-state index contributed by atoms with van der Waals surface area (Å²) < 4.78 is 13.1. The van der Waals surface area contributed by atoms with Gasteiger partial charge >= 0.3 is 5.97 Å². The number of ether oxygens (including phenoxy) is 2. The number of aromatic amines is 2. The first-order valence-electron chi connectivity index (χ1n) is 21.5. The summed E-state index contributed by atoms with van der Waals surface area (Å²) in [5.74, 6) is -0.650. The van der Waals surface area contributed by atoms with Crippen LogP contribution in [0.5, 0.6) is 11.8 Å². The van der Waals surface area contributed by atoms with E-state index < -0.39 is 0 Å². The lowest BCUT2D eigenvalue weighted by Crippen LogP contribution is -2.09. The number of esters is 1. The number of hydrogen-bond donors (Lipinski definition) is 4. The standard InChI is InChI=1S/C47H65N5O5/c1-10-13-14-15-16-17-18-19-22-52-46(54)42-30(7)37-25-38-32(12-3)27(4)34(48-38)26-39-41(31(8)57-23-11-2)29(6)36(49-39)24-35-28(5)33(20-21-40(53)56-9)44(50-35)43(47(52)55)45(42)51-37/h24-26,28,31,33,48-49,54-55H,10-23H2,1-9H3/t28-,31?,33-/m0/s1. The number of fused-ring (bicyclic) bond motifs is 8. The molecule has 3 aromatic heterocycles. The van der Waals surface area contributed by atoms with E-state index >= 15 is 0 Å².